The molecule has 2 saturated carbocycles. The molecule has 2 aliphatic carbocycles. The minimum atomic E-state index is 0.584. The predicted octanol–water partition coefficient (Wildman–Crippen LogP) is 5.71. The molecule has 2 fully saturated rings. The van der Waals surface area contributed by atoms with Crippen LogP contribution in [0.4, 0.5) is 0 Å². The molecular weight excluding hydrogens is 296 g/mol. The standard InChI is InChI=1S/C18H25Br/c1-9-10(2)12(4)16(13(5)11(9)3)18(19)17-14-7-6-8-15(14)17/h14-15,17-18H,6-8H2,1-5H3. The fourth-order valence-corrected chi connectivity index (χ4v) is 5.92. The first kappa shape index (κ1) is 13.7. The van der Waals surface area contributed by atoms with Gasteiger partial charge >= 0.3 is 0 Å². The van der Waals surface area contributed by atoms with Gasteiger partial charge in [-0.1, -0.05) is 22.4 Å². The molecule has 3 rings (SSSR count). The second-order valence-corrected chi connectivity index (χ2v) is 7.76. The lowest BCUT2D eigenvalue weighted by Gasteiger charge is -2.23. The van der Waals surface area contributed by atoms with Crippen molar-refractivity contribution in [2.75, 3.05) is 0 Å². The number of benzene rings is 1. The predicted molar refractivity (Wildman–Crippen MR) is 86.1 cm³/mol. The summed E-state index contributed by atoms with van der Waals surface area (Å²) in [5.41, 5.74) is 9.11. The smallest absolute Gasteiger partial charge is 0.0434 e. The van der Waals surface area contributed by atoms with E-state index in [0.29, 0.717) is 4.83 Å². The van der Waals surface area contributed by atoms with Crippen LogP contribution >= 0.6 is 15.9 Å². The van der Waals surface area contributed by atoms with E-state index < -0.39 is 0 Å². The van der Waals surface area contributed by atoms with Crippen LogP contribution in [0.15, 0.2) is 0 Å². The van der Waals surface area contributed by atoms with Crippen LogP contribution in [0.2, 0.25) is 0 Å². The summed E-state index contributed by atoms with van der Waals surface area (Å²) in [7, 11) is 0. The molecule has 0 bridgehead atoms. The Morgan fingerprint density at radius 1 is 0.789 bits per heavy atom. The molecule has 0 N–H and O–H groups in total. The van der Waals surface area contributed by atoms with E-state index in [1.807, 2.05) is 0 Å². The van der Waals surface area contributed by atoms with Crippen LogP contribution in [0.5, 0.6) is 0 Å². The van der Waals surface area contributed by atoms with Crippen molar-refractivity contribution in [2.24, 2.45) is 17.8 Å². The van der Waals surface area contributed by atoms with Gasteiger partial charge in [-0.15, -0.1) is 0 Å². The number of fused-ring (bicyclic) bond motifs is 1. The SMILES string of the molecule is Cc1c(C)c(C)c(C(Br)C2C3CCCC32)c(C)c1C. The normalized spacial score (nSPS) is 30.3. The lowest BCUT2D eigenvalue weighted by Crippen LogP contribution is -2.07. The maximum atomic E-state index is 4.06. The highest BCUT2D eigenvalue weighted by Crippen LogP contribution is 2.65. The molecular formula is C18H25Br. The number of hydrogen-bond acceptors (Lipinski definition) is 0. The fourth-order valence-electron chi connectivity index (χ4n) is 4.45. The van der Waals surface area contributed by atoms with Crippen molar-refractivity contribution in [1.82, 2.24) is 0 Å². The van der Waals surface area contributed by atoms with Gasteiger partial charge in [-0.05, 0) is 98.6 Å². The lowest BCUT2D eigenvalue weighted by atomic mass is 9.86. The molecule has 19 heavy (non-hydrogen) atoms. The van der Waals surface area contributed by atoms with Gasteiger partial charge in [0.15, 0.2) is 0 Å². The van der Waals surface area contributed by atoms with Gasteiger partial charge in [-0.3, -0.25) is 0 Å². The largest absolute Gasteiger partial charge is 0.0835 e. The van der Waals surface area contributed by atoms with Crippen LogP contribution in [0.3, 0.4) is 0 Å². The highest BCUT2D eigenvalue weighted by Gasteiger charge is 2.55. The van der Waals surface area contributed by atoms with Crippen LogP contribution in [0.25, 0.3) is 0 Å². The average molecular weight is 321 g/mol. The van der Waals surface area contributed by atoms with Gasteiger partial charge in [0.2, 0.25) is 0 Å². The van der Waals surface area contributed by atoms with Crippen LogP contribution in [-0.2, 0) is 0 Å². The summed E-state index contributed by atoms with van der Waals surface area (Å²) in [6.45, 7) is 11.5. The molecule has 2 aliphatic rings. The monoisotopic (exact) mass is 320 g/mol. The molecule has 0 heterocycles. The van der Waals surface area contributed by atoms with Crippen molar-refractivity contribution in [3.8, 4) is 0 Å². The topological polar surface area (TPSA) is 0 Å². The van der Waals surface area contributed by atoms with Gasteiger partial charge in [0.25, 0.3) is 0 Å². The number of hydrogen-bond donors (Lipinski definition) is 0. The quantitative estimate of drug-likeness (QED) is 0.612. The second kappa shape index (κ2) is 4.62. The minimum absolute atomic E-state index is 0.584. The first-order valence-corrected chi connectivity index (χ1v) is 8.57. The summed E-state index contributed by atoms with van der Waals surface area (Å²) in [5.74, 6) is 2.95. The number of rotatable bonds is 2. The molecule has 1 heteroatoms. The summed E-state index contributed by atoms with van der Waals surface area (Å²) in [4.78, 5) is 0.584. The van der Waals surface area contributed by atoms with E-state index in [1.54, 1.807) is 5.56 Å². The highest BCUT2D eigenvalue weighted by molar-refractivity contribution is 9.09. The molecule has 3 atom stereocenters. The van der Waals surface area contributed by atoms with Gasteiger partial charge in [-0.2, -0.15) is 0 Å². The maximum Gasteiger partial charge on any atom is 0.0434 e. The van der Waals surface area contributed by atoms with E-state index in [2.05, 4.69) is 50.5 Å². The Morgan fingerprint density at radius 3 is 1.68 bits per heavy atom. The zero-order valence-electron chi connectivity index (χ0n) is 12.8. The summed E-state index contributed by atoms with van der Waals surface area (Å²) in [6.07, 6.45) is 4.41. The Labute approximate surface area is 126 Å². The average Bonchev–Trinajstić information content (AvgIpc) is 2.87. The Hall–Kier alpha value is -0.300. The Balaban J connectivity index is 2.01. The number of alkyl halides is 1. The van der Waals surface area contributed by atoms with Crippen molar-refractivity contribution >= 4 is 15.9 Å². The zero-order chi connectivity index (χ0) is 13.9. The van der Waals surface area contributed by atoms with Gasteiger partial charge in [-0.25, -0.2) is 0 Å². The summed E-state index contributed by atoms with van der Waals surface area (Å²) < 4.78 is 0. The molecule has 0 amide bonds. The van der Waals surface area contributed by atoms with Crippen LogP contribution in [0.1, 0.15) is 57.5 Å². The van der Waals surface area contributed by atoms with Gasteiger partial charge in [0, 0.05) is 4.83 Å². The molecule has 0 spiro atoms. The molecule has 3 unspecified atom stereocenters. The van der Waals surface area contributed by atoms with Gasteiger partial charge in [0.1, 0.15) is 0 Å². The molecule has 0 saturated heterocycles. The molecule has 104 valence electrons. The first-order chi connectivity index (χ1) is 8.95. The van der Waals surface area contributed by atoms with Crippen molar-refractivity contribution in [3.05, 3.63) is 33.4 Å². The third-order valence-corrected chi connectivity index (χ3v) is 7.21. The van der Waals surface area contributed by atoms with E-state index in [0.717, 1.165) is 17.8 Å². The van der Waals surface area contributed by atoms with Crippen LogP contribution in [0, 0.1) is 52.4 Å². The van der Waals surface area contributed by atoms with E-state index >= 15 is 0 Å². The molecule has 0 nitrogen and oxygen atoms in total. The van der Waals surface area contributed by atoms with Crippen molar-refractivity contribution < 1.29 is 0 Å². The minimum Gasteiger partial charge on any atom is -0.0835 e. The summed E-state index contributed by atoms with van der Waals surface area (Å²) in [6, 6.07) is 0. The van der Waals surface area contributed by atoms with Crippen LogP contribution < -0.4 is 0 Å². The molecule has 0 radical (unpaired) electrons. The third kappa shape index (κ3) is 1.92. The number of halogens is 1. The second-order valence-electron chi connectivity index (χ2n) is 6.78. The Morgan fingerprint density at radius 2 is 1.21 bits per heavy atom. The molecule has 1 aromatic carbocycles. The first-order valence-electron chi connectivity index (χ1n) is 7.66. The fraction of sp³-hybridized carbons (Fsp3) is 0.667. The van der Waals surface area contributed by atoms with Crippen LogP contribution in [-0.4, -0.2) is 0 Å². The van der Waals surface area contributed by atoms with Crippen molar-refractivity contribution in [3.63, 3.8) is 0 Å². The molecule has 0 aromatic heterocycles. The molecule has 1 aromatic rings. The lowest BCUT2D eigenvalue weighted by molar-refractivity contribution is 0.580. The van der Waals surface area contributed by atoms with Gasteiger partial charge < -0.3 is 0 Å². The Kier molecular flexibility index (Phi) is 3.32. The van der Waals surface area contributed by atoms with Crippen molar-refractivity contribution in [2.45, 2.75) is 58.7 Å². The van der Waals surface area contributed by atoms with Crippen molar-refractivity contribution in [1.29, 1.82) is 0 Å². The summed E-state index contributed by atoms with van der Waals surface area (Å²) >= 11 is 4.06. The van der Waals surface area contributed by atoms with Gasteiger partial charge in [0.05, 0.1) is 0 Å². The van der Waals surface area contributed by atoms with E-state index in [-0.39, 0.29) is 0 Å². The van der Waals surface area contributed by atoms with E-state index in [1.165, 1.54) is 47.1 Å². The molecule has 0 aliphatic heterocycles. The maximum absolute atomic E-state index is 4.06. The van der Waals surface area contributed by atoms with E-state index in [4.69, 9.17) is 0 Å². The van der Waals surface area contributed by atoms with E-state index in [9.17, 15) is 0 Å². The summed E-state index contributed by atoms with van der Waals surface area (Å²) in [5, 5.41) is 0. The zero-order valence-corrected chi connectivity index (χ0v) is 14.4. The Bertz CT molecular complexity index is 490. The highest BCUT2D eigenvalue weighted by atomic mass is 79.9. The third-order valence-electron chi connectivity index (χ3n) is 6.14.